The summed E-state index contributed by atoms with van der Waals surface area (Å²) < 4.78 is 25.7. The second-order valence-corrected chi connectivity index (χ2v) is 7.35. The number of anilines is 2. The van der Waals surface area contributed by atoms with Crippen molar-refractivity contribution in [3.8, 4) is 0 Å². The Morgan fingerprint density at radius 3 is 2.35 bits per heavy atom. The standard InChI is InChI=1S/C14H25N3O2S/c1-6-8-11(2)17(5)12-9-7-10-13(14(12)15)20(18,19)16(3)4/h7,9-11H,6,8,15H2,1-5H3. The Hall–Kier alpha value is -1.27. The molecule has 0 aliphatic heterocycles. The Bertz CT molecular complexity index is 556. The van der Waals surface area contributed by atoms with Gasteiger partial charge >= 0.3 is 0 Å². The minimum absolute atomic E-state index is 0.163. The number of sulfonamides is 1. The molecule has 0 fully saturated rings. The van der Waals surface area contributed by atoms with Crippen molar-refractivity contribution in [2.45, 2.75) is 37.6 Å². The number of nitrogens with two attached hydrogens (primary N) is 1. The smallest absolute Gasteiger partial charge is 0.244 e. The average Bonchev–Trinajstić information content (AvgIpc) is 2.38. The first kappa shape index (κ1) is 16.8. The SMILES string of the molecule is CCCC(C)N(C)c1cccc(S(=O)(=O)N(C)C)c1N. The molecule has 0 amide bonds. The minimum Gasteiger partial charge on any atom is -0.396 e. The van der Waals surface area contributed by atoms with Gasteiger partial charge in [0.25, 0.3) is 0 Å². The summed E-state index contributed by atoms with van der Waals surface area (Å²) in [6.45, 7) is 4.23. The predicted octanol–water partition coefficient (Wildman–Crippen LogP) is 2.14. The molecule has 2 N–H and O–H groups in total. The lowest BCUT2D eigenvalue weighted by Crippen LogP contribution is -2.30. The number of para-hydroxylation sites is 1. The van der Waals surface area contributed by atoms with Gasteiger partial charge in [-0.25, -0.2) is 12.7 Å². The number of nitrogen functional groups attached to an aromatic ring is 1. The summed E-state index contributed by atoms with van der Waals surface area (Å²) in [6.07, 6.45) is 2.10. The van der Waals surface area contributed by atoms with E-state index in [1.807, 2.05) is 18.0 Å². The molecule has 5 nitrogen and oxygen atoms in total. The summed E-state index contributed by atoms with van der Waals surface area (Å²) in [5.41, 5.74) is 7.16. The second kappa shape index (κ2) is 6.45. The predicted molar refractivity (Wildman–Crippen MR) is 84.5 cm³/mol. The first-order chi connectivity index (χ1) is 9.23. The first-order valence-corrected chi connectivity index (χ1v) is 8.21. The van der Waals surface area contributed by atoms with Crippen molar-refractivity contribution in [3.05, 3.63) is 18.2 Å². The maximum Gasteiger partial charge on any atom is 0.244 e. The highest BCUT2D eigenvalue weighted by Crippen LogP contribution is 2.31. The van der Waals surface area contributed by atoms with Crippen LogP contribution >= 0.6 is 0 Å². The van der Waals surface area contributed by atoms with Crippen LogP contribution in [0.1, 0.15) is 26.7 Å². The zero-order chi connectivity index (χ0) is 15.5. The maximum absolute atomic E-state index is 12.3. The van der Waals surface area contributed by atoms with Crippen LogP contribution in [0.3, 0.4) is 0 Å². The summed E-state index contributed by atoms with van der Waals surface area (Å²) in [7, 11) is 1.43. The van der Waals surface area contributed by atoms with Crippen LogP contribution in [0.4, 0.5) is 11.4 Å². The average molecular weight is 299 g/mol. The molecule has 0 bridgehead atoms. The molecule has 1 atom stereocenters. The quantitative estimate of drug-likeness (QED) is 0.817. The Labute approximate surface area is 122 Å². The fourth-order valence-electron chi connectivity index (χ4n) is 2.11. The van der Waals surface area contributed by atoms with Crippen LogP contribution in [0, 0.1) is 0 Å². The van der Waals surface area contributed by atoms with Gasteiger partial charge in [-0.15, -0.1) is 0 Å². The highest BCUT2D eigenvalue weighted by molar-refractivity contribution is 7.89. The summed E-state index contributed by atoms with van der Waals surface area (Å²) >= 11 is 0. The van der Waals surface area contributed by atoms with E-state index in [9.17, 15) is 8.42 Å². The zero-order valence-electron chi connectivity index (χ0n) is 12.9. The van der Waals surface area contributed by atoms with Gasteiger partial charge in [-0.05, 0) is 25.5 Å². The van der Waals surface area contributed by atoms with Crippen molar-refractivity contribution in [1.82, 2.24) is 4.31 Å². The molecule has 1 aromatic rings. The first-order valence-electron chi connectivity index (χ1n) is 6.77. The van der Waals surface area contributed by atoms with Crippen LogP contribution in [0.25, 0.3) is 0 Å². The van der Waals surface area contributed by atoms with Gasteiger partial charge in [0.1, 0.15) is 4.90 Å². The van der Waals surface area contributed by atoms with E-state index in [4.69, 9.17) is 5.73 Å². The summed E-state index contributed by atoms with van der Waals surface area (Å²) in [4.78, 5) is 2.20. The topological polar surface area (TPSA) is 66.6 Å². The molecule has 0 aliphatic rings. The van der Waals surface area contributed by atoms with Crippen LogP contribution in [0.15, 0.2) is 23.1 Å². The van der Waals surface area contributed by atoms with E-state index in [1.165, 1.54) is 18.4 Å². The number of benzene rings is 1. The van der Waals surface area contributed by atoms with Crippen molar-refractivity contribution in [2.24, 2.45) is 0 Å². The number of rotatable bonds is 6. The lowest BCUT2D eigenvalue weighted by atomic mass is 10.1. The highest BCUT2D eigenvalue weighted by atomic mass is 32.2. The van der Waals surface area contributed by atoms with Gasteiger partial charge in [-0.2, -0.15) is 0 Å². The Morgan fingerprint density at radius 2 is 1.85 bits per heavy atom. The molecule has 6 heteroatoms. The molecule has 0 saturated heterocycles. The molecule has 114 valence electrons. The van der Waals surface area contributed by atoms with E-state index in [-0.39, 0.29) is 4.90 Å². The Balaban J connectivity index is 3.27. The van der Waals surface area contributed by atoms with Gasteiger partial charge in [-0.3, -0.25) is 0 Å². The molecule has 1 rings (SSSR count). The largest absolute Gasteiger partial charge is 0.396 e. The van der Waals surface area contributed by atoms with Gasteiger partial charge in [0.2, 0.25) is 10.0 Å². The van der Waals surface area contributed by atoms with E-state index in [2.05, 4.69) is 13.8 Å². The van der Waals surface area contributed by atoms with E-state index in [1.54, 1.807) is 12.1 Å². The second-order valence-electron chi connectivity index (χ2n) is 5.22. The van der Waals surface area contributed by atoms with Crippen LogP contribution in [-0.4, -0.2) is 39.9 Å². The van der Waals surface area contributed by atoms with Crippen LogP contribution in [-0.2, 0) is 10.0 Å². The molecule has 0 aliphatic carbocycles. The van der Waals surface area contributed by atoms with Gasteiger partial charge in [0.05, 0.1) is 11.4 Å². The molecule has 0 heterocycles. The van der Waals surface area contributed by atoms with Crippen LogP contribution in [0.5, 0.6) is 0 Å². The van der Waals surface area contributed by atoms with E-state index in [0.29, 0.717) is 11.7 Å². The van der Waals surface area contributed by atoms with E-state index >= 15 is 0 Å². The third kappa shape index (κ3) is 3.24. The van der Waals surface area contributed by atoms with Gasteiger partial charge in [-0.1, -0.05) is 19.4 Å². The minimum atomic E-state index is -3.52. The van der Waals surface area contributed by atoms with Crippen molar-refractivity contribution < 1.29 is 8.42 Å². The number of hydrogen-bond donors (Lipinski definition) is 1. The molecule has 0 aromatic heterocycles. The monoisotopic (exact) mass is 299 g/mol. The van der Waals surface area contributed by atoms with E-state index < -0.39 is 10.0 Å². The Morgan fingerprint density at radius 1 is 1.25 bits per heavy atom. The lowest BCUT2D eigenvalue weighted by molar-refractivity contribution is 0.521. The third-order valence-electron chi connectivity index (χ3n) is 3.55. The Kier molecular flexibility index (Phi) is 5.42. The molecule has 0 radical (unpaired) electrons. The zero-order valence-corrected chi connectivity index (χ0v) is 13.7. The molecule has 0 spiro atoms. The lowest BCUT2D eigenvalue weighted by Gasteiger charge is -2.29. The van der Waals surface area contributed by atoms with Crippen LogP contribution in [0.2, 0.25) is 0 Å². The molecular formula is C14H25N3O2S. The fraction of sp³-hybridized carbons (Fsp3) is 0.571. The van der Waals surface area contributed by atoms with Crippen LogP contribution < -0.4 is 10.6 Å². The fourth-order valence-corrected chi connectivity index (χ4v) is 3.14. The molecule has 0 saturated carbocycles. The molecular weight excluding hydrogens is 274 g/mol. The summed E-state index contributed by atoms with van der Waals surface area (Å²) in [5, 5.41) is 0. The third-order valence-corrected chi connectivity index (χ3v) is 5.42. The van der Waals surface area contributed by atoms with Gasteiger partial charge in [0, 0.05) is 27.2 Å². The molecule has 20 heavy (non-hydrogen) atoms. The molecule has 1 aromatic carbocycles. The highest BCUT2D eigenvalue weighted by Gasteiger charge is 2.23. The van der Waals surface area contributed by atoms with Crippen molar-refractivity contribution in [2.75, 3.05) is 31.8 Å². The van der Waals surface area contributed by atoms with E-state index in [0.717, 1.165) is 18.5 Å². The maximum atomic E-state index is 12.3. The van der Waals surface area contributed by atoms with Gasteiger partial charge in [0.15, 0.2) is 0 Å². The number of hydrogen-bond acceptors (Lipinski definition) is 4. The van der Waals surface area contributed by atoms with Crippen molar-refractivity contribution in [3.63, 3.8) is 0 Å². The number of nitrogens with zero attached hydrogens (tertiary/aromatic N) is 2. The summed E-state index contributed by atoms with van der Waals surface area (Å²) in [6, 6.07) is 5.44. The van der Waals surface area contributed by atoms with Crippen molar-refractivity contribution >= 4 is 21.4 Å². The normalized spacial score (nSPS) is 13.5. The van der Waals surface area contributed by atoms with Crippen molar-refractivity contribution in [1.29, 1.82) is 0 Å². The molecule has 1 unspecified atom stereocenters. The van der Waals surface area contributed by atoms with Gasteiger partial charge < -0.3 is 10.6 Å². The summed E-state index contributed by atoms with van der Waals surface area (Å²) in [5.74, 6) is 0.